The highest BCUT2D eigenvalue weighted by Crippen LogP contribution is 2.26. The molecule has 1 aromatic carbocycles. The van der Waals surface area contributed by atoms with Gasteiger partial charge >= 0.3 is 0 Å². The topological polar surface area (TPSA) is 72.3 Å². The van der Waals surface area contributed by atoms with Gasteiger partial charge in [-0.3, -0.25) is 9.69 Å². The lowest BCUT2D eigenvalue weighted by Crippen LogP contribution is -2.41. The van der Waals surface area contributed by atoms with E-state index < -0.39 is 5.91 Å². The molecule has 1 aliphatic heterocycles. The standard InChI is InChI=1S/C15H23N3O/c1-10-4-3-7-18(11(10)2)9-13-6-5-12(15(17)19)8-14(13)16/h5-6,8,10-11H,3-4,7,9,16H2,1-2H3,(H2,17,19). The van der Waals surface area contributed by atoms with Crippen molar-refractivity contribution in [1.29, 1.82) is 0 Å². The number of carbonyl (C=O) groups excluding carboxylic acids is 1. The van der Waals surface area contributed by atoms with Gasteiger partial charge in [0.1, 0.15) is 0 Å². The van der Waals surface area contributed by atoms with Gasteiger partial charge in [-0.05, 0) is 49.9 Å². The third-order valence-corrected chi connectivity index (χ3v) is 4.31. The summed E-state index contributed by atoms with van der Waals surface area (Å²) in [7, 11) is 0. The Bertz CT molecular complexity index is 472. The minimum atomic E-state index is -0.432. The maximum absolute atomic E-state index is 11.1. The number of primary amides is 1. The molecule has 19 heavy (non-hydrogen) atoms. The van der Waals surface area contributed by atoms with Crippen LogP contribution in [0.2, 0.25) is 0 Å². The zero-order valence-corrected chi connectivity index (χ0v) is 11.7. The number of benzene rings is 1. The van der Waals surface area contributed by atoms with Crippen LogP contribution in [0.1, 0.15) is 42.6 Å². The Morgan fingerprint density at radius 1 is 1.42 bits per heavy atom. The van der Waals surface area contributed by atoms with Crippen LogP contribution in [0.4, 0.5) is 5.69 Å². The van der Waals surface area contributed by atoms with E-state index in [0.717, 1.165) is 24.6 Å². The SMILES string of the molecule is CC1CCCN(Cc2ccc(C(N)=O)cc2N)C1C. The van der Waals surface area contributed by atoms with E-state index in [4.69, 9.17) is 11.5 Å². The number of hydrogen-bond acceptors (Lipinski definition) is 3. The molecule has 0 spiro atoms. The predicted octanol–water partition coefficient (Wildman–Crippen LogP) is 1.99. The molecule has 4 nitrogen and oxygen atoms in total. The quantitative estimate of drug-likeness (QED) is 0.817. The molecule has 0 bridgehead atoms. The van der Waals surface area contributed by atoms with E-state index in [9.17, 15) is 4.79 Å². The number of nitrogen functional groups attached to an aromatic ring is 1. The van der Waals surface area contributed by atoms with Crippen LogP contribution in [-0.4, -0.2) is 23.4 Å². The second-order valence-electron chi connectivity index (χ2n) is 5.61. The maximum atomic E-state index is 11.1. The van der Waals surface area contributed by atoms with Crippen molar-refractivity contribution in [3.8, 4) is 0 Å². The summed E-state index contributed by atoms with van der Waals surface area (Å²) in [6.07, 6.45) is 2.54. The highest BCUT2D eigenvalue weighted by molar-refractivity contribution is 5.93. The van der Waals surface area contributed by atoms with Gasteiger partial charge in [0.15, 0.2) is 0 Å². The van der Waals surface area contributed by atoms with Crippen LogP contribution < -0.4 is 11.5 Å². The van der Waals surface area contributed by atoms with Gasteiger partial charge in [-0.2, -0.15) is 0 Å². The van der Waals surface area contributed by atoms with Crippen molar-refractivity contribution in [3.63, 3.8) is 0 Å². The number of rotatable bonds is 3. The number of likely N-dealkylation sites (tertiary alicyclic amines) is 1. The first-order valence-electron chi connectivity index (χ1n) is 6.91. The molecule has 1 aromatic rings. The third kappa shape index (κ3) is 3.07. The van der Waals surface area contributed by atoms with Crippen LogP contribution in [0.5, 0.6) is 0 Å². The van der Waals surface area contributed by atoms with Crippen molar-refractivity contribution in [3.05, 3.63) is 29.3 Å². The number of carbonyl (C=O) groups is 1. The van der Waals surface area contributed by atoms with Crippen molar-refractivity contribution >= 4 is 11.6 Å². The van der Waals surface area contributed by atoms with Gasteiger partial charge in [0.2, 0.25) is 5.91 Å². The summed E-state index contributed by atoms with van der Waals surface area (Å²) in [6, 6.07) is 5.92. The van der Waals surface area contributed by atoms with Crippen LogP contribution in [0, 0.1) is 5.92 Å². The third-order valence-electron chi connectivity index (χ3n) is 4.31. The second kappa shape index (κ2) is 5.61. The molecule has 104 valence electrons. The molecule has 2 unspecified atom stereocenters. The molecule has 4 N–H and O–H groups in total. The van der Waals surface area contributed by atoms with E-state index in [2.05, 4.69) is 18.7 Å². The Morgan fingerprint density at radius 3 is 2.79 bits per heavy atom. The maximum Gasteiger partial charge on any atom is 0.248 e. The summed E-state index contributed by atoms with van der Waals surface area (Å²) in [5, 5.41) is 0. The summed E-state index contributed by atoms with van der Waals surface area (Å²) >= 11 is 0. The van der Waals surface area contributed by atoms with Crippen molar-refractivity contribution in [2.45, 2.75) is 39.3 Å². The first-order valence-corrected chi connectivity index (χ1v) is 6.91. The Kier molecular flexibility index (Phi) is 4.10. The van der Waals surface area contributed by atoms with Crippen molar-refractivity contribution in [2.75, 3.05) is 12.3 Å². The summed E-state index contributed by atoms with van der Waals surface area (Å²) < 4.78 is 0. The van der Waals surface area contributed by atoms with Crippen molar-refractivity contribution < 1.29 is 4.79 Å². The molecule has 0 aromatic heterocycles. The van der Waals surface area contributed by atoms with Gasteiger partial charge in [0.05, 0.1) is 0 Å². The summed E-state index contributed by atoms with van der Waals surface area (Å²) in [4.78, 5) is 13.6. The lowest BCUT2D eigenvalue weighted by molar-refractivity contribution is 0.1000. The van der Waals surface area contributed by atoms with E-state index >= 15 is 0 Å². The van der Waals surface area contributed by atoms with E-state index in [1.165, 1.54) is 12.8 Å². The van der Waals surface area contributed by atoms with Crippen LogP contribution in [0.15, 0.2) is 18.2 Å². The first-order chi connectivity index (χ1) is 8.99. The van der Waals surface area contributed by atoms with Crippen LogP contribution in [0.3, 0.4) is 0 Å². The average Bonchev–Trinajstić information content (AvgIpc) is 2.37. The molecule has 0 radical (unpaired) electrons. The summed E-state index contributed by atoms with van der Waals surface area (Å²) in [6.45, 7) is 6.53. The molecule has 1 amide bonds. The van der Waals surface area contributed by atoms with Gasteiger partial charge in [-0.15, -0.1) is 0 Å². The molecule has 1 heterocycles. The molecule has 1 saturated heterocycles. The Morgan fingerprint density at radius 2 is 2.16 bits per heavy atom. The van der Waals surface area contributed by atoms with Gasteiger partial charge < -0.3 is 11.5 Å². The zero-order chi connectivity index (χ0) is 14.0. The fourth-order valence-corrected chi connectivity index (χ4v) is 2.76. The van der Waals surface area contributed by atoms with E-state index in [1.54, 1.807) is 12.1 Å². The predicted molar refractivity (Wildman–Crippen MR) is 77.6 cm³/mol. The Labute approximate surface area is 114 Å². The highest BCUT2D eigenvalue weighted by Gasteiger charge is 2.24. The lowest BCUT2D eigenvalue weighted by atomic mass is 9.91. The Balaban J connectivity index is 2.12. The van der Waals surface area contributed by atoms with Crippen LogP contribution >= 0.6 is 0 Å². The number of amides is 1. The molecule has 0 saturated carbocycles. The van der Waals surface area contributed by atoms with Crippen LogP contribution in [0.25, 0.3) is 0 Å². The molecule has 4 heteroatoms. The smallest absolute Gasteiger partial charge is 0.248 e. The summed E-state index contributed by atoms with van der Waals surface area (Å²) in [5.41, 5.74) is 13.5. The Hall–Kier alpha value is -1.55. The van der Waals surface area contributed by atoms with E-state index in [0.29, 0.717) is 17.3 Å². The molecule has 0 aliphatic carbocycles. The van der Waals surface area contributed by atoms with Crippen molar-refractivity contribution in [2.24, 2.45) is 11.7 Å². The van der Waals surface area contributed by atoms with E-state index in [-0.39, 0.29) is 0 Å². The molecule has 1 fully saturated rings. The first kappa shape index (κ1) is 13.9. The zero-order valence-electron chi connectivity index (χ0n) is 11.7. The van der Waals surface area contributed by atoms with Gasteiger partial charge in [0, 0.05) is 23.8 Å². The average molecular weight is 261 g/mol. The monoisotopic (exact) mass is 261 g/mol. The summed E-state index contributed by atoms with van der Waals surface area (Å²) in [5.74, 6) is 0.290. The number of nitrogens with zero attached hydrogens (tertiary/aromatic N) is 1. The number of hydrogen-bond donors (Lipinski definition) is 2. The molecular formula is C15H23N3O. The minimum Gasteiger partial charge on any atom is -0.398 e. The van der Waals surface area contributed by atoms with Gasteiger partial charge in [0.25, 0.3) is 0 Å². The van der Waals surface area contributed by atoms with Gasteiger partial charge in [-0.1, -0.05) is 13.0 Å². The molecular weight excluding hydrogens is 238 g/mol. The fraction of sp³-hybridized carbons (Fsp3) is 0.533. The largest absolute Gasteiger partial charge is 0.398 e. The van der Waals surface area contributed by atoms with Crippen molar-refractivity contribution in [1.82, 2.24) is 4.90 Å². The van der Waals surface area contributed by atoms with Gasteiger partial charge in [-0.25, -0.2) is 0 Å². The molecule has 1 aliphatic rings. The fourth-order valence-electron chi connectivity index (χ4n) is 2.76. The second-order valence-corrected chi connectivity index (χ2v) is 5.61. The normalized spacial score (nSPS) is 24.3. The minimum absolute atomic E-state index is 0.432. The van der Waals surface area contributed by atoms with E-state index in [1.807, 2.05) is 6.07 Å². The van der Waals surface area contributed by atoms with Crippen LogP contribution in [-0.2, 0) is 6.54 Å². The number of anilines is 1. The molecule has 2 atom stereocenters. The highest BCUT2D eigenvalue weighted by atomic mass is 16.1. The lowest BCUT2D eigenvalue weighted by Gasteiger charge is -2.38. The number of piperidine rings is 1. The molecule has 2 rings (SSSR count). The number of nitrogens with two attached hydrogens (primary N) is 2.